The van der Waals surface area contributed by atoms with Crippen molar-refractivity contribution >= 4 is 0 Å². The molecule has 1 aliphatic heterocycles. The fourth-order valence-corrected chi connectivity index (χ4v) is 2.35. The van der Waals surface area contributed by atoms with E-state index < -0.39 is 36.8 Å². The van der Waals surface area contributed by atoms with Crippen LogP contribution in [0.15, 0.2) is 0 Å². The largest absolute Gasteiger partial charge is 0.394 e. The van der Waals surface area contributed by atoms with Crippen molar-refractivity contribution in [3.63, 3.8) is 0 Å². The summed E-state index contributed by atoms with van der Waals surface area (Å²) in [6.07, 6.45) is -1.96. The zero-order chi connectivity index (χ0) is 13.8. The van der Waals surface area contributed by atoms with Gasteiger partial charge in [-0.3, -0.25) is 0 Å². The van der Waals surface area contributed by atoms with Gasteiger partial charge < -0.3 is 30.3 Å². The predicted octanol–water partition coefficient (Wildman–Crippen LogP) is -0.881. The van der Waals surface area contributed by atoms with Gasteiger partial charge in [-0.2, -0.15) is 0 Å². The van der Waals surface area contributed by atoms with Crippen LogP contribution in [0.25, 0.3) is 0 Å². The summed E-state index contributed by atoms with van der Waals surface area (Å²) < 4.78 is 4.83. The van der Waals surface area contributed by atoms with Crippen molar-refractivity contribution in [2.45, 2.75) is 69.2 Å². The molecule has 1 fully saturated rings. The molecule has 0 aromatic heterocycles. The first-order valence-corrected chi connectivity index (χ1v) is 6.50. The van der Waals surface area contributed by atoms with Gasteiger partial charge in [0, 0.05) is 0 Å². The molecule has 1 rings (SSSR count). The van der Waals surface area contributed by atoms with Crippen molar-refractivity contribution in [2.75, 3.05) is 6.61 Å². The number of hydrogen-bond donors (Lipinski definition) is 5. The molecule has 0 saturated carbocycles. The maximum absolute atomic E-state index is 10.3. The molecule has 18 heavy (non-hydrogen) atoms. The van der Waals surface area contributed by atoms with Crippen LogP contribution < -0.4 is 0 Å². The molecule has 0 amide bonds. The van der Waals surface area contributed by atoms with Crippen LogP contribution in [-0.4, -0.2) is 62.3 Å². The number of unbranched alkanes of at least 4 members (excludes halogenated alkanes) is 3. The lowest BCUT2D eigenvalue weighted by atomic mass is 9.80. The van der Waals surface area contributed by atoms with E-state index in [1.165, 1.54) is 0 Å². The molecule has 1 unspecified atom stereocenters. The first kappa shape index (κ1) is 15.8. The van der Waals surface area contributed by atoms with Gasteiger partial charge in [-0.05, 0) is 6.42 Å². The minimum atomic E-state index is -1.83. The van der Waals surface area contributed by atoms with Crippen LogP contribution >= 0.6 is 0 Å². The molecule has 5 atom stereocenters. The highest BCUT2D eigenvalue weighted by atomic mass is 16.6. The van der Waals surface area contributed by atoms with Gasteiger partial charge in [-0.15, -0.1) is 0 Å². The van der Waals surface area contributed by atoms with E-state index in [2.05, 4.69) is 6.92 Å². The molecular formula is C12H24O6. The minimum absolute atomic E-state index is 0.159. The number of rotatable bonds is 6. The zero-order valence-corrected chi connectivity index (χ0v) is 10.7. The molecule has 6 heteroatoms. The fourth-order valence-electron chi connectivity index (χ4n) is 2.35. The summed E-state index contributed by atoms with van der Waals surface area (Å²) in [5.41, 5.74) is -1.83. The maximum atomic E-state index is 10.3. The molecule has 1 heterocycles. The van der Waals surface area contributed by atoms with Gasteiger partial charge in [0.15, 0.2) is 6.29 Å². The third kappa shape index (κ3) is 3.20. The summed E-state index contributed by atoms with van der Waals surface area (Å²) in [6.45, 7) is 1.53. The minimum Gasteiger partial charge on any atom is -0.394 e. The molecule has 0 bridgehead atoms. The molecule has 0 aliphatic carbocycles. The second-order valence-corrected chi connectivity index (χ2v) is 4.94. The van der Waals surface area contributed by atoms with E-state index in [9.17, 15) is 20.4 Å². The molecule has 108 valence electrons. The maximum Gasteiger partial charge on any atom is 0.184 e. The molecule has 5 N–H and O–H groups in total. The molecular weight excluding hydrogens is 240 g/mol. The third-order valence-electron chi connectivity index (χ3n) is 3.57. The van der Waals surface area contributed by atoms with Gasteiger partial charge in [-0.1, -0.05) is 32.6 Å². The van der Waals surface area contributed by atoms with Gasteiger partial charge in [0.1, 0.15) is 23.9 Å². The van der Waals surface area contributed by atoms with Crippen LogP contribution in [0.3, 0.4) is 0 Å². The van der Waals surface area contributed by atoms with Gasteiger partial charge in [-0.25, -0.2) is 0 Å². The van der Waals surface area contributed by atoms with Crippen molar-refractivity contribution in [2.24, 2.45) is 0 Å². The highest BCUT2D eigenvalue weighted by Gasteiger charge is 2.53. The Morgan fingerprint density at radius 3 is 2.28 bits per heavy atom. The van der Waals surface area contributed by atoms with Gasteiger partial charge in [0.2, 0.25) is 0 Å². The van der Waals surface area contributed by atoms with Crippen molar-refractivity contribution in [1.82, 2.24) is 0 Å². The molecule has 1 saturated heterocycles. The first-order chi connectivity index (χ1) is 8.47. The number of ether oxygens (including phenoxy) is 1. The van der Waals surface area contributed by atoms with Crippen molar-refractivity contribution in [1.29, 1.82) is 0 Å². The topological polar surface area (TPSA) is 110 Å². The number of aliphatic hydroxyl groups excluding tert-OH is 4. The van der Waals surface area contributed by atoms with Crippen LogP contribution in [0.2, 0.25) is 0 Å². The predicted molar refractivity (Wildman–Crippen MR) is 63.7 cm³/mol. The SMILES string of the molecule is CCCCCC[C@@]1(O)[C@@H](O)C(O)O[C@H](CO)[C@@H]1O. The van der Waals surface area contributed by atoms with E-state index in [1.807, 2.05) is 0 Å². The lowest BCUT2D eigenvalue weighted by molar-refractivity contribution is -0.323. The van der Waals surface area contributed by atoms with E-state index in [4.69, 9.17) is 9.84 Å². The van der Waals surface area contributed by atoms with E-state index in [1.54, 1.807) is 0 Å². The number of hydrogen-bond acceptors (Lipinski definition) is 6. The Hall–Kier alpha value is -0.240. The molecule has 0 aromatic carbocycles. The molecule has 6 nitrogen and oxygen atoms in total. The summed E-state index contributed by atoms with van der Waals surface area (Å²) in [7, 11) is 0. The summed E-state index contributed by atoms with van der Waals surface area (Å²) >= 11 is 0. The summed E-state index contributed by atoms with van der Waals surface area (Å²) in [4.78, 5) is 0. The summed E-state index contributed by atoms with van der Waals surface area (Å²) in [5, 5.41) is 48.5. The lowest BCUT2D eigenvalue weighted by Crippen LogP contribution is -2.67. The second kappa shape index (κ2) is 6.79. The van der Waals surface area contributed by atoms with Crippen molar-refractivity contribution in [3.8, 4) is 0 Å². The Bertz CT molecular complexity index is 249. The Morgan fingerprint density at radius 2 is 1.72 bits per heavy atom. The van der Waals surface area contributed by atoms with Crippen molar-refractivity contribution < 1.29 is 30.3 Å². The van der Waals surface area contributed by atoms with E-state index in [0.29, 0.717) is 6.42 Å². The van der Waals surface area contributed by atoms with Crippen LogP contribution in [0.4, 0.5) is 0 Å². The van der Waals surface area contributed by atoms with Crippen molar-refractivity contribution in [3.05, 3.63) is 0 Å². The normalized spacial score (nSPS) is 41.0. The second-order valence-electron chi connectivity index (χ2n) is 4.94. The van der Waals surface area contributed by atoms with Crippen LogP contribution in [0, 0.1) is 0 Å². The highest BCUT2D eigenvalue weighted by molar-refractivity contribution is 5.01. The lowest BCUT2D eigenvalue weighted by Gasteiger charge is -2.46. The monoisotopic (exact) mass is 264 g/mol. The number of aliphatic hydroxyl groups is 5. The standard InChI is InChI=1S/C12H24O6/c1-2-3-4-5-6-12(17)9(14)8(7-13)18-11(16)10(12)15/h8-11,13-17H,2-7H2,1H3/t8-,9+,10+,11?,12+/m1/s1. The highest BCUT2D eigenvalue weighted by Crippen LogP contribution is 2.33. The zero-order valence-electron chi connectivity index (χ0n) is 10.7. The smallest absolute Gasteiger partial charge is 0.184 e. The van der Waals surface area contributed by atoms with Crippen LogP contribution in [-0.2, 0) is 4.74 Å². The average Bonchev–Trinajstić information content (AvgIpc) is 2.37. The van der Waals surface area contributed by atoms with E-state index >= 15 is 0 Å². The van der Waals surface area contributed by atoms with Gasteiger partial charge in [0.25, 0.3) is 0 Å². The van der Waals surface area contributed by atoms with Crippen LogP contribution in [0.1, 0.15) is 39.0 Å². The quantitative estimate of drug-likeness (QED) is 0.398. The fraction of sp³-hybridized carbons (Fsp3) is 1.00. The van der Waals surface area contributed by atoms with Gasteiger partial charge >= 0.3 is 0 Å². The summed E-state index contributed by atoms with van der Waals surface area (Å²) in [6, 6.07) is 0. The van der Waals surface area contributed by atoms with Crippen LogP contribution in [0.5, 0.6) is 0 Å². The summed E-state index contributed by atoms with van der Waals surface area (Å²) in [5.74, 6) is 0. The molecule has 1 aliphatic rings. The molecule has 0 spiro atoms. The first-order valence-electron chi connectivity index (χ1n) is 6.50. The Balaban J connectivity index is 2.66. The Morgan fingerprint density at radius 1 is 1.06 bits per heavy atom. The Labute approximate surface area is 107 Å². The Kier molecular flexibility index (Phi) is 5.97. The van der Waals surface area contributed by atoms with E-state index in [-0.39, 0.29) is 6.42 Å². The molecule has 0 radical (unpaired) electrons. The van der Waals surface area contributed by atoms with Gasteiger partial charge in [0.05, 0.1) is 6.61 Å². The van der Waals surface area contributed by atoms with E-state index in [0.717, 1.165) is 19.3 Å². The molecule has 0 aromatic rings. The average molecular weight is 264 g/mol. The third-order valence-corrected chi connectivity index (χ3v) is 3.57.